The van der Waals surface area contributed by atoms with E-state index in [1.165, 1.54) is 12.4 Å². The predicted octanol–water partition coefficient (Wildman–Crippen LogP) is 2.21. The van der Waals surface area contributed by atoms with Gasteiger partial charge in [-0.15, -0.1) is 11.8 Å². The molecule has 5 heteroatoms. The summed E-state index contributed by atoms with van der Waals surface area (Å²) >= 11 is 1.63. The van der Waals surface area contributed by atoms with E-state index in [1.807, 2.05) is 24.3 Å². The summed E-state index contributed by atoms with van der Waals surface area (Å²) in [5.41, 5.74) is 0.350. The fourth-order valence-corrected chi connectivity index (χ4v) is 2.72. The molecule has 0 N–H and O–H groups in total. The highest BCUT2D eigenvalue weighted by Gasteiger charge is 2.28. The largest absolute Gasteiger partial charge is 0.480 e. The highest BCUT2D eigenvalue weighted by atomic mass is 32.2. The SMILES string of the molecule is O=C(c1cnccn1)C1CSc2ccccc2O1. The van der Waals surface area contributed by atoms with E-state index < -0.39 is 6.10 Å². The van der Waals surface area contributed by atoms with Crippen LogP contribution in [-0.2, 0) is 0 Å². The first-order valence-electron chi connectivity index (χ1n) is 5.53. The average Bonchev–Trinajstić information content (AvgIpc) is 2.47. The van der Waals surface area contributed by atoms with Crippen molar-refractivity contribution in [3.63, 3.8) is 0 Å². The Morgan fingerprint density at radius 2 is 2.22 bits per heavy atom. The molecule has 18 heavy (non-hydrogen) atoms. The highest BCUT2D eigenvalue weighted by Crippen LogP contribution is 2.35. The zero-order chi connectivity index (χ0) is 12.4. The van der Waals surface area contributed by atoms with Crippen molar-refractivity contribution in [3.8, 4) is 5.75 Å². The minimum absolute atomic E-state index is 0.120. The normalized spacial score (nSPS) is 17.7. The molecule has 0 fully saturated rings. The number of hydrogen-bond donors (Lipinski definition) is 0. The van der Waals surface area contributed by atoms with Gasteiger partial charge in [-0.3, -0.25) is 9.78 Å². The lowest BCUT2D eigenvalue weighted by molar-refractivity contribution is 0.0809. The van der Waals surface area contributed by atoms with Crippen molar-refractivity contribution >= 4 is 17.5 Å². The zero-order valence-corrected chi connectivity index (χ0v) is 10.3. The number of carbonyl (C=O) groups is 1. The van der Waals surface area contributed by atoms with Crippen LogP contribution in [0.4, 0.5) is 0 Å². The molecule has 0 amide bonds. The lowest BCUT2D eigenvalue weighted by atomic mass is 10.2. The van der Waals surface area contributed by atoms with Gasteiger partial charge >= 0.3 is 0 Å². The lowest BCUT2D eigenvalue weighted by Gasteiger charge is -2.24. The van der Waals surface area contributed by atoms with Crippen molar-refractivity contribution in [2.75, 3.05) is 5.75 Å². The maximum absolute atomic E-state index is 12.2. The molecular weight excluding hydrogens is 248 g/mol. The number of nitrogens with zero attached hydrogens (tertiary/aromatic N) is 2. The Kier molecular flexibility index (Phi) is 2.98. The number of benzene rings is 1. The van der Waals surface area contributed by atoms with Crippen LogP contribution in [0.5, 0.6) is 5.75 Å². The van der Waals surface area contributed by atoms with E-state index in [0.29, 0.717) is 11.4 Å². The average molecular weight is 258 g/mol. The number of carbonyl (C=O) groups excluding carboxylic acids is 1. The number of fused-ring (bicyclic) bond motifs is 1. The molecule has 3 rings (SSSR count). The number of hydrogen-bond acceptors (Lipinski definition) is 5. The molecule has 1 aliphatic heterocycles. The van der Waals surface area contributed by atoms with Crippen molar-refractivity contribution in [2.24, 2.45) is 0 Å². The van der Waals surface area contributed by atoms with Gasteiger partial charge in [0.2, 0.25) is 5.78 Å². The summed E-state index contributed by atoms with van der Waals surface area (Å²) in [6, 6.07) is 7.72. The smallest absolute Gasteiger partial charge is 0.224 e. The van der Waals surface area contributed by atoms with Crippen LogP contribution >= 0.6 is 11.8 Å². The topological polar surface area (TPSA) is 52.1 Å². The molecule has 1 atom stereocenters. The van der Waals surface area contributed by atoms with Crippen molar-refractivity contribution in [1.29, 1.82) is 0 Å². The molecule has 0 aliphatic carbocycles. The second-order valence-electron chi connectivity index (χ2n) is 3.82. The monoisotopic (exact) mass is 258 g/mol. The molecule has 1 aromatic heterocycles. The minimum atomic E-state index is -0.485. The first kappa shape index (κ1) is 11.2. The fraction of sp³-hybridized carbons (Fsp3) is 0.154. The van der Waals surface area contributed by atoms with Crippen molar-refractivity contribution in [2.45, 2.75) is 11.0 Å². The van der Waals surface area contributed by atoms with Crippen LogP contribution in [0, 0.1) is 0 Å². The van der Waals surface area contributed by atoms with Gasteiger partial charge in [0.25, 0.3) is 0 Å². The maximum Gasteiger partial charge on any atom is 0.224 e. The van der Waals surface area contributed by atoms with Crippen LogP contribution in [0.15, 0.2) is 47.8 Å². The number of thioether (sulfide) groups is 1. The number of aromatic nitrogens is 2. The van der Waals surface area contributed by atoms with Gasteiger partial charge < -0.3 is 4.74 Å². The van der Waals surface area contributed by atoms with E-state index in [9.17, 15) is 4.79 Å². The molecule has 90 valence electrons. The Balaban J connectivity index is 1.82. The first-order chi connectivity index (χ1) is 8.84. The van der Waals surface area contributed by atoms with Gasteiger partial charge in [-0.25, -0.2) is 4.98 Å². The quantitative estimate of drug-likeness (QED) is 0.773. The number of Topliss-reactive ketones (excluding diaryl/α,β-unsaturated/α-hetero) is 1. The molecular formula is C13H10N2O2S. The molecule has 0 saturated heterocycles. The molecule has 2 aromatic rings. The van der Waals surface area contributed by atoms with Crippen molar-refractivity contribution in [3.05, 3.63) is 48.5 Å². The number of rotatable bonds is 2. The lowest BCUT2D eigenvalue weighted by Crippen LogP contribution is -2.32. The summed E-state index contributed by atoms with van der Waals surface area (Å²) in [6.07, 6.45) is 4.04. The third-order valence-electron chi connectivity index (χ3n) is 2.62. The van der Waals surface area contributed by atoms with Gasteiger partial charge in [0.05, 0.1) is 6.20 Å². The standard InChI is InChI=1S/C13H10N2O2S/c16-13(9-7-14-5-6-15-9)11-8-18-12-4-2-1-3-10(12)17-11/h1-7,11H,8H2. The third-order valence-corrected chi connectivity index (χ3v) is 3.73. The molecule has 1 unspecified atom stereocenters. The third kappa shape index (κ3) is 2.09. The van der Waals surface area contributed by atoms with E-state index >= 15 is 0 Å². The second kappa shape index (κ2) is 4.78. The summed E-state index contributed by atoms with van der Waals surface area (Å²) in [5.74, 6) is 1.24. The molecule has 0 bridgehead atoms. The van der Waals surface area contributed by atoms with Crippen molar-refractivity contribution < 1.29 is 9.53 Å². The summed E-state index contributed by atoms with van der Waals surface area (Å²) in [5, 5.41) is 0. The fourth-order valence-electron chi connectivity index (χ4n) is 1.74. The van der Waals surface area contributed by atoms with Gasteiger partial charge in [-0.05, 0) is 12.1 Å². The minimum Gasteiger partial charge on any atom is -0.480 e. The molecule has 1 aromatic carbocycles. The van der Waals surface area contributed by atoms with Crippen LogP contribution in [0.1, 0.15) is 10.5 Å². The number of para-hydroxylation sites is 1. The highest BCUT2D eigenvalue weighted by molar-refractivity contribution is 7.99. The summed E-state index contributed by atoms with van der Waals surface area (Å²) < 4.78 is 5.71. The number of ether oxygens (including phenoxy) is 1. The van der Waals surface area contributed by atoms with Crippen molar-refractivity contribution in [1.82, 2.24) is 9.97 Å². The van der Waals surface area contributed by atoms with Gasteiger partial charge in [-0.2, -0.15) is 0 Å². The Morgan fingerprint density at radius 3 is 3.06 bits per heavy atom. The predicted molar refractivity (Wildman–Crippen MR) is 67.9 cm³/mol. The van der Waals surface area contributed by atoms with Gasteiger partial charge in [-0.1, -0.05) is 12.1 Å². The van der Waals surface area contributed by atoms with E-state index in [-0.39, 0.29) is 5.78 Å². The Hall–Kier alpha value is -1.88. The van der Waals surface area contributed by atoms with Gasteiger partial charge in [0, 0.05) is 23.0 Å². The summed E-state index contributed by atoms with van der Waals surface area (Å²) in [7, 11) is 0. The van der Waals surface area contributed by atoms with Gasteiger partial charge in [0.1, 0.15) is 11.4 Å². The Labute approximate surface area is 108 Å². The Morgan fingerprint density at radius 1 is 1.33 bits per heavy atom. The van der Waals surface area contributed by atoms with E-state index in [4.69, 9.17) is 4.74 Å². The molecule has 0 radical (unpaired) electrons. The molecule has 4 nitrogen and oxygen atoms in total. The summed E-state index contributed by atoms with van der Waals surface area (Å²) in [6.45, 7) is 0. The molecule has 2 heterocycles. The number of ketones is 1. The van der Waals surface area contributed by atoms with Crippen LogP contribution in [0.3, 0.4) is 0 Å². The molecule has 0 saturated carbocycles. The Bertz CT molecular complexity index is 574. The zero-order valence-electron chi connectivity index (χ0n) is 9.45. The van der Waals surface area contributed by atoms with Gasteiger partial charge in [0.15, 0.2) is 6.10 Å². The van der Waals surface area contributed by atoms with Crippen LogP contribution in [0.2, 0.25) is 0 Å². The summed E-state index contributed by atoms with van der Waals surface area (Å²) in [4.78, 5) is 21.1. The molecule has 1 aliphatic rings. The first-order valence-corrected chi connectivity index (χ1v) is 6.52. The second-order valence-corrected chi connectivity index (χ2v) is 4.88. The van der Waals surface area contributed by atoms with E-state index in [0.717, 1.165) is 10.6 Å². The molecule has 0 spiro atoms. The van der Waals surface area contributed by atoms with E-state index in [1.54, 1.807) is 18.0 Å². The van der Waals surface area contributed by atoms with Crippen LogP contribution in [0.25, 0.3) is 0 Å². The van der Waals surface area contributed by atoms with Crippen LogP contribution in [-0.4, -0.2) is 27.6 Å². The maximum atomic E-state index is 12.2. The van der Waals surface area contributed by atoms with Crippen LogP contribution < -0.4 is 4.74 Å². The van der Waals surface area contributed by atoms with E-state index in [2.05, 4.69) is 9.97 Å².